The average Bonchev–Trinajstić information content (AvgIpc) is 3.56. The molecule has 3 aromatic rings. The number of rotatable bonds is 6. The third-order valence-electron chi connectivity index (χ3n) is 6.67. The Balaban J connectivity index is 0.00000111. The number of imide groups is 1. The summed E-state index contributed by atoms with van der Waals surface area (Å²) in [5.74, 6) is 0.564. The van der Waals surface area contributed by atoms with Crippen LogP contribution in [0.5, 0.6) is 0 Å². The second-order valence-electron chi connectivity index (χ2n) is 9.05. The van der Waals surface area contributed by atoms with Crippen LogP contribution in [0.1, 0.15) is 45.5 Å². The fraction of sp³-hybridized carbons (Fsp3) is 0.414. The number of likely N-dealkylation sites (N-methyl/N-ethyl adjacent to an activating group) is 2. The normalized spacial score (nSPS) is 17.8. The summed E-state index contributed by atoms with van der Waals surface area (Å²) in [6, 6.07) is 11.7. The summed E-state index contributed by atoms with van der Waals surface area (Å²) in [6.07, 6.45) is 0.154. The molecule has 220 valence electrons. The Hall–Kier alpha value is -4.12. The van der Waals surface area contributed by atoms with Gasteiger partial charge in [0.05, 0.1) is 6.54 Å². The third kappa shape index (κ3) is 6.62. The monoisotopic (exact) mass is 582 g/mol. The molecule has 0 saturated carbocycles. The number of nitrogens with zero attached hydrogens (tertiary/aromatic N) is 5. The molecule has 2 aromatic heterocycles. The Morgan fingerprint density at radius 2 is 1.76 bits per heavy atom. The first-order valence-corrected chi connectivity index (χ1v) is 14.2. The third-order valence-corrected chi connectivity index (χ3v) is 7.00. The molecule has 2 unspecified atom stereocenters. The Kier molecular flexibility index (Phi) is 10.7. The molecule has 41 heavy (non-hydrogen) atoms. The van der Waals surface area contributed by atoms with Crippen molar-refractivity contribution in [2.75, 3.05) is 26.5 Å². The standard InChI is InChI=1S/C25H27ClN8O3.2C2H6/c1-27-20(35)11-10-14-6-4-9-19(29-14)30-24-31-22-21(32(24)2)23(36)34(25(37)33(22)3)13-15-12-16-17(26)7-5-8-18(16)28-15;2*1-2/h4-9,12,21-22,28H,10-11,13H2,1-3H3,(H,27,35)(H,29,30,31);2*1-2H3. The van der Waals surface area contributed by atoms with Crippen molar-refractivity contribution in [2.24, 2.45) is 4.99 Å². The first kappa shape index (κ1) is 31.4. The van der Waals surface area contributed by atoms with Gasteiger partial charge in [0.25, 0.3) is 5.91 Å². The molecule has 0 bridgehead atoms. The first-order valence-electron chi connectivity index (χ1n) is 13.8. The summed E-state index contributed by atoms with van der Waals surface area (Å²) >= 11 is 6.29. The number of aliphatic imine (C=N–C) groups is 1. The second-order valence-corrected chi connectivity index (χ2v) is 9.46. The predicted octanol–water partition coefficient (Wildman–Crippen LogP) is 4.45. The highest BCUT2D eigenvalue weighted by atomic mass is 35.5. The van der Waals surface area contributed by atoms with Gasteiger partial charge in [-0.05, 0) is 36.8 Å². The number of nitrogens with one attached hydrogen (secondary N) is 3. The van der Waals surface area contributed by atoms with Crippen LogP contribution in [0.25, 0.3) is 10.9 Å². The van der Waals surface area contributed by atoms with Crippen LogP contribution >= 0.6 is 11.6 Å². The van der Waals surface area contributed by atoms with Gasteiger partial charge in [0.2, 0.25) is 11.9 Å². The van der Waals surface area contributed by atoms with Crippen molar-refractivity contribution in [3.05, 3.63) is 58.9 Å². The van der Waals surface area contributed by atoms with E-state index in [1.54, 1.807) is 38.2 Å². The van der Waals surface area contributed by atoms with Crippen molar-refractivity contribution in [3.63, 3.8) is 0 Å². The van der Waals surface area contributed by atoms with E-state index in [1.165, 1.54) is 9.80 Å². The number of hydrogen-bond donors (Lipinski definition) is 3. The molecule has 12 heteroatoms. The summed E-state index contributed by atoms with van der Waals surface area (Å²) in [5.41, 5.74) is 2.29. The molecule has 0 radical (unpaired) electrons. The molecular formula is C29H39ClN8O3. The van der Waals surface area contributed by atoms with Crippen molar-refractivity contribution in [1.29, 1.82) is 0 Å². The summed E-state index contributed by atoms with van der Waals surface area (Å²) in [4.78, 5) is 55.1. The minimum absolute atomic E-state index is 0.0598. The van der Waals surface area contributed by atoms with Crippen molar-refractivity contribution in [2.45, 2.75) is 59.3 Å². The van der Waals surface area contributed by atoms with Gasteiger partial charge in [0, 0.05) is 54.9 Å². The van der Waals surface area contributed by atoms with Crippen molar-refractivity contribution in [3.8, 4) is 0 Å². The number of halogens is 1. The molecule has 1 aromatic carbocycles. The lowest BCUT2D eigenvalue weighted by molar-refractivity contribution is -0.137. The quantitative estimate of drug-likeness (QED) is 0.394. The summed E-state index contributed by atoms with van der Waals surface area (Å²) in [6.45, 7) is 8.09. The van der Waals surface area contributed by atoms with E-state index < -0.39 is 18.2 Å². The fourth-order valence-electron chi connectivity index (χ4n) is 4.63. The molecule has 1 saturated heterocycles. The van der Waals surface area contributed by atoms with E-state index in [4.69, 9.17) is 11.6 Å². The van der Waals surface area contributed by atoms with Crippen LogP contribution in [0, 0.1) is 0 Å². The number of anilines is 1. The Morgan fingerprint density at radius 3 is 2.44 bits per heavy atom. The van der Waals surface area contributed by atoms with Crippen LogP contribution in [0.15, 0.2) is 47.5 Å². The SMILES string of the molecule is CC.CC.CNC(=O)CCc1cccc(NC2=NC3C(C(=O)N(Cc4cc5c(Cl)cccc5[nH]4)C(=O)N3C)N2C)n1. The van der Waals surface area contributed by atoms with Crippen LogP contribution in [0.2, 0.25) is 5.02 Å². The Morgan fingerprint density at radius 1 is 1.05 bits per heavy atom. The number of amides is 4. The lowest BCUT2D eigenvalue weighted by atomic mass is 10.1. The first-order chi connectivity index (χ1) is 19.8. The number of hydrogen-bond acceptors (Lipinski definition) is 7. The molecule has 0 aliphatic carbocycles. The highest BCUT2D eigenvalue weighted by Crippen LogP contribution is 2.29. The van der Waals surface area contributed by atoms with Gasteiger partial charge >= 0.3 is 6.03 Å². The van der Waals surface area contributed by atoms with E-state index in [9.17, 15) is 14.4 Å². The van der Waals surface area contributed by atoms with Gasteiger partial charge in [0.15, 0.2) is 12.2 Å². The van der Waals surface area contributed by atoms with Gasteiger partial charge in [0.1, 0.15) is 5.82 Å². The maximum absolute atomic E-state index is 13.5. The number of H-pyrrole nitrogens is 1. The second kappa shape index (κ2) is 14.0. The van der Waals surface area contributed by atoms with Gasteiger partial charge in [-0.3, -0.25) is 14.5 Å². The van der Waals surface area contributed by atoms with Crippen molar-refractivity contribution < 1.29 is 14.4 Å². The van der Waals surface area contributed by atoms with Crippen LogP contribution in [0.3, 0.4) is 0 Å². The van der Waals surface area contributed by atoms with Crippen molar-refractivity contribution in [1.82, 2.24) is 30.0 Å². The Labute approximate surface area is 246 Å². The minimum Gasteiger partial charge on any atom is -0.359 e. The minimum atomic E-state index is -0.686. The fourth-order valence-corrected chi connectivity index (χ4v) is 4.86. The largest absolute Gasteiger partial charge is 0.359 e. The highest BCUT2D eigenvalue weighted by molar-refractivity contribution is 6.35. The molecule has 2 aliphatic heterocycles. The zero-order valence-electron chi connectivity index (χ0n) is 24.7. The van der Waals surface area contributed by atoms with E-state index in [2.05, 4.69) is 25.6 Å². The number of aromatic nitrogens is 2. The van der Waals surface area contributed by atoms with E-state index in [0.717, 1.165) is 16.6 Å². The number of aryl methyl sites for hydroxylation is 1. The van der Waals surface area contributed by atoms with E-state index in [-0.39, 0.29) is 18.4 Å². The van der Waals surface area contributed by atoms with E-state index >= 15 is 0 Å². The summed E-state index contributed by atoms with van der Waals surface area (Å²) < 4.78 is 0. The number of fused-ring (bicyclic) bond motifs is 2. The maximum Gasteiger partial charge on any atom is 0.328 e. The van der Waals surface area contributed by atoms with Crippen molar-refractivity contribution >= 4 is 52.1 Å². The van der Waals surface area contributed by atoms with Gasteiger partial charge in [-0.2, -0.15) is 0 Å². The molecule has 11 nitrogen and oxygen atoms in total. The molecule has 2 atom stereocenters. The number of carbonyl (C=O) groups excluding carboxylic acids is 3. The maximum atomic E-state index is 13.5. The number of carbonyl (C=O) groups is 3. The van der Waals surface area contributed by atoms with Crippen LogP contribution in [-0.4, -0.2) is 81.8 Å². The molecule has 0 spiro atoms. The number of guanidine groups is 1. The topological polar surface area (TPSA) is 126 Å². The molecule has 3 N–H and O–H groups in total. The number of aromatic amines is 1. The lowest BCUT2D eigenvalue weighted by Gasteiger charge is -2.40. The zero-order valence-corrected chi connectivity index (χ0v) is 25.4. The molecule has 1 fully saturated rings. The average molecular weight is 583 g/mol. The summed E-state index contributed by atoms with van der Waals surface area (Å²) in [7, 11) is 5.00. The van der Waals surface area contributed by atoms with Gasteiger partial charge in [-0.1, -0.05) is 51.4 Å². The van der Waals surface area contributed by atoms with Gasteiger partial charge < -0.3 is 25.4 Å². The van der Waals surface area contributed by atoms with Gasteiger partial charge in [-0.25, -0.2) is 14.8 Å². The van der Waals surface area contributed by atoms with Crippen LogP contribution in [0.4, 0.5) is 10.6 Å². The van der Waals surface area contributed by atoms with E-state index in [0.29, 0.717) is 35.3 Å². The number of urea groups is 1. The molecule has 4 amide bonds. The molecular weight excluding hydrogens is 544 g/mol. The van der Waals surface area contributed by atoms with Gasteiger partial charge in [-0.15, -0.1) is 0 Å². The number of pyridine rings is 1. The summed E-state index contributed by atoms with van der Waals surface area (Å²) in [5, 5.41) is 7.20. The molecule has 2 aliphatic rings. The van der Waals surface area contributed by atoms with E-state index in [1.807, 2.05) is 58.0 Å². The predicted molar refractivity (Wildman–Crippen MR) is 163 cm³/mol. The Bertz CT molecular complexity index is 1420. The molecule has 4 heterocycles. The highest BCUT2D eigenvalue weighted by Gasteiger charge is 2.51. The smallest absolute Gasteiger partial charge is 0.328 e. The molecule has 5 rings (SSSR count). The van der Waals surface area contributed by atoms with Crippen LogP contribution in [-0.2, 0) is 22.6 Å². The van der Waals surface area contributed by atoms with Crippen LogP contribution < -0.4 is 10.6 Å². The zero-order chi connectivity index (χ0) is 30.3. The lowest BCUT2D eigenvalue weighted by Crippen LogP contribution is -2.64. The number of benzene rings is 1.